The first-order chi connectivity index (χ1) is 12.5. The SMILES string of the molecule is CC(=O)c1ccc(N2CCN(C(=O)NNC(=O)c3cccs3)CC2)cc1. The summed E-state index contributed by atoms with van der Waals surface area (Å²) >= 11 is 1.31. The molecule has 0 saturated carbocycles. The highest BCUT2D eigenvalue weighted by Crippen LogP contribution is 2.17. The first-order valence-corrected chi connectivity index (χ1v) is 9.17. The van der Waals surface area contributed by atoms with Crippen molar-refractivity contribution in [2.75, 3.05) is 31.1 Å². The summed E-state index contributed by atoms with van der Waals surface area (Å²) in [4.78, 5) is 39.7. The average molecular weight is 372 g/mol. The Morgan fingerprint density at radius 2 is 1.65 bits per heavy atom. The number of rotatable bonds is 3. The Labute approximate surface area is 155 Å². The van der Waals surface area contributed by atoms with Crippen molar-refractivity contribution in [2.45, 2.75) is 6.92 Å². The minimum atomic E-state index is -0.322. The molecule has 3 rings (SSSR count). The van der Waals surface area contributed by atoms with E-state index in [1.165, 1.54) is 11.3 Å². The van der Waals surface area contributed by atoms with E-state index in [1.807, 2.05) is 24.3 Å². The molecule has 8 heteroatoms. The van der Waals surface area contributed by atoms with Crippen LogP contribution in [0.2, 0.25) is 0 Å². The van der Waals surface area contributed by atoms with Gasteiger partial charge in [0, 0.05) is 37.4 Å². The lowest BCUT2D eigenvalue weighted by Crippen LogP contribution is -2.55. The highest BCUT2D eigenvalue weighted by Gasteiger charge is 2.21. The van der Waals surface area contributed by atoms with E-state index in [4.69, 9.17) is 0 Å². The Morgan fingerprint density at radius 1 is 0.962 bits per heavy atom. The van der Waals surface area contributed by atoms with Crippen LogP contribution >= 0.6 is 11.3 Å². The number of benzene rings is 1. The number of hydrazine groups is 1. The molecule has 2 aromatic rings. The number of urea groups is 1. The molecule has 26 heavy (non-hydrogen) atoms. The molecule has 1 aliphatic rings. The molecule has 2 heterocycles. The van der Waals surface area contributed by atoms with E-state index in [1.54, 1.807) is 29.3 Å². The van der Waals surface area contributed by atoms with Gasteiger partial charge in [0.25, 0.3) is 5.91 Å². The molecule has 2 N–H and O–H groups in total. The largest absolute Gasteiger partial charge is 0.368 e. The van der Waals surface area contributed by atoms with Gasteiger partial charge in [0.05, 0.1) is 4.88 Å². The Morgan fingerprint density at radius 3 is 2.23 bits per heavy atom. The van der Waals surface area contributed by atoms with E-state index in [0.717, 1.165) is 5.69 Å². The average Bonchev–Trinajstić information content (AvgIpc) is 3.21. The fraction of sp³-hybridized carbons (Fsp3) is 0.278. The van der Waals surface area contributed by atoms with Crippen LogP contribution in [0.5, 0.6) is 0 Å². The smallest absolute Gasteiger partial charge is 0.336 e. The molecule has 1 aromatic carbocycles. The van der Waals surface area contributed by atoms with Crippen molar-refractivity contribution in [3.8, 4) is 0 Å². The van der Waals surface area contributed by atoms with Gasteiger partial charge in [0.2, 0.25) is 0 Å². The summed E-state index contributed by atoms with van der Waals surface area (Å²) in [6.45, 7) is 4.02. The molecule has 1 saturated heterocycles. The van der Waals surface area contributed by atoms with Gasteiger partial charge in [-0.3, -0.25) is 15.0 Å². The monoisotopic (exact) mass is 372 g/mol. The second-order valence-electron chi connectivity index (χ2n) is 5.94. The third kappa shape index (κ3) is 4.20. The van der Waals surface area contributed by atoms with Gasteiger partial charge in [0.1, 0.15) is 0 Å². The first-order valence-electron chi connectivity index (χ1n) is 8.29. The van der Waals surface area contributed by atoms with E-state index in [2.05, 4.69) is 15.8 Å². The van der Waals surface area contributed by atoms with Crippen LogP contribution in [-0.2, 0) is 0 Å². The maximum absolute atomic E-state index is 12.2. The molecule has 0 spiro atoms. The summed E-state index contributed by atoms with van der Waals surface area (Å²) in [5, 5.41) is 1.80. The molecule has 3 amide bonds. The maximum Gasteiger partial charge on any atom is 0.336 e. The van der Waals surface area contributed by atoms with Gasteiger partial charge in [-0.25, -0.2) is 10.2 Å². The number of carbonyl (C=O) groups is 3. The molecule has 0 unspecified atom stereocenters. The minimum absolute atomic E-state index is 0.0441. The molecule has 0 atom stereocenters. The Kier molecular flexibility index (Phi) is 5.52. The van der Waals surface area contributed by atoms with Crippen LogP contribution in [-0.4, -0.2) is 48.8 Å². The van der Waals surface area contributed by atoms with Crippen LogP contribution in [0.25, 0.3) is 0 Å². The van der Waals surface area contributed by atoms with Crippen molar-refractivity contribution in [1.29, 1.82) is 0 Å². The fourth-order valence-corrected chi connectivity index (χ4v) is 3.35. The molecule has 0 radical (unpaired) electrons. The summed E-state index contributed by atoms with van der Waals surface area (Å²) in [5.41, 5.74) is 6.60. The topological polar surface area (TPSA) is 81.8 Å². The Balaban J connectivity index is 1.47. The van der Waals surface area contributed by atoms with Crippen LogP contribution in [0.3, 0.4) is 0 Å². The lowest BCUT2D eigenvalue weighted by atomic mass is 10.1. The van der Waals surface area contributed by atoms with Crippen molar-refractivity contribution in [3.05, 3.63) is 52.2 Å². The lowest BCUT2D eigenvalue weighted by molar-refractivity contribution is 0.0933. The van der Waals surface area contributed by atoms with Gasteiger partial charge in [-0.1, -0.05) is 6.07 Å². The van der Waals surface area contributed by atoms with E-state index in [9.17, 15) is 14.4 Å². The van der Waals surface area contributed by atoms with Crippen LogP contribution in [0.4, 0.5) is 10.5 Å². The summed E-state index contributed by atoms with van der Waals surface area (Å²) < 4.78 is 0. The predicted octanol–water partition coefficient (Wildman–Crippen LogP) is 2.13. The van der Waals surface area contributed by atoms with Crippen LogP contribution in [0.1, 0.15) is 27.0 Å². The number of ketones is 1. The lowest BCUT2D eigenvalue weighted by Gasteiger charge is -2.36. The highest BCUT2D eigenvalue weighted by molar-refractivity contribution is 7.12. The van der Waals surface area contributed by atoms with Crippen LogP contribution in [0, 0.1) is 0 Å². The molecule has 1 fully saturated rings. The summed E-state index contributed by atoms with van der Waals surface area (Å²) in [6, 6.07) is 10.6. The standard InChI is InChI=1S/C18H20N4O3S/c1-13(23)14-4-6-15(7-5-14)21-8-10-22(11-9-21)18(25)20-19-17(24)16-3-2-12-26-16/h2-7,12H,8-11H2,1H3,(H,19,24)(H,20,25). The minimum Gasteiger partial charge on any atom is -0.368 e. The van der Waals surface area contributed by atoms with Gasteiger partial charge in [-0.05, 0) is 42.6 Å². The maximum atomic E-state index is 12.2. The van der Waals surface area contributed by atoms with Gasteiger partial charge >= 0.3 is 6.03 Å². The van der Waals surface area contributed by atoms with Crippen LogP contribution in [0.15, 0.2) is 41.8 Å². The van der Waals surface area contributed by atoms with Crippen LogP contribution < -0.4 is 15.8 Å². The molecule has 1 aromatic heterocycles. The molecular weight excluding hydrogens is 352 g/mol. The molecule has 1 aliphatic heterocycles. The molecule has 7 nitrogen and oxygen atoms in total. The Bertz CT molecular complexity index is 781. The molecular formula is C18H20N4O3S. The summed E-state index contributed by atoms with van der Waals surface area (Å²) in [5.74, 6) is -0.278. The number of nitrogens with one attached hydrogen (secondary N) is 2. The summed E-state index contributed by atoms with van der Waals surface area (Å²) in [7, 11) is 0. The predicted molar refractivity (Wildman–Crippen MR) is 101 cm³/mol. The van der Waals surface area contributed by atoms with E-state index < -0.39 is 0 Å². The summed E-state index contributed by atoms with van der Waals surface area (Å²) in [6.07, 6.45) is 0. The van der Waals surface area contributed by atoms with E-state index >= 15 is 0 Å². The number of nitrogens with zero attached hydrogens (tertiary/aromatic N) is 2. The number of carbonyl (C=O) groups excluding carboxylic acids is 3. The van der Waals surface area contributed by atoms with Crippen molar-refractivity contribution in [1.82, 2.24) is 15.8 Å². The van der Waals surface area contributed by atoms with Crippen molar-refractivity contribution in [2.24, 2.45) is 0 Å². The zero-order chi connectivity index (χ0) is 18.5. The third-order valence-corrected chi connectivity index (χ3v) is 5.10. The second-order valence-corrected chi connectivity index (χ2v) is 6.89. The van der Waals surface area contributed by atoms with E-state index in [0.29, 0.717) is 36.6 Å². The number of piperazine rings is 1. The van der Waals surface area contributed by atoms with Gasteiger partial charge in [-0.15, -0.1) is 11.3 Å². The molecule has 136 valence electrons. The molecule has 0 bridgehead atoms. The molecule has 0 aliphatic carbocycles. The highest BCUT2D eigenvalue weighted by atomic mass is 32.1. The number of anilines is 1. The first kappa shape index (κ1) is 17.9. The van der Waals surface area contributed by atoms with Crippen molar-refractivity contribution < 1.29 is 14.4 Å². The fourth-order valence-electron chi connectivity index (χ4n) is 2.73. The number of hydrogen-bond donors (Lipinski definition) is 2. The van der Waals surface area contributed by atoms with Gasteiger partial charge < -0.3 is 9.80 Å². The van der Waals surface area contributed by atoms with Crippen molar-refractivity contribution in [3.63, 3.8) is 0 Å². The number of amides is 3. The zero-order valence-electron chi connectivity index (χ0n) is 14.4. The number of hydrogen-bond acceptors (Lipinski definition) is 5. The number of thiophene rings is 1. The normalized spacial score (nSPS) is 14.0. The number of Topliss-reactive ketones (excluding diaryl/α,β-unsaturated/α-hetero) is 1. The van der Waals surface area contributed by atoms with Crippen molar-refractivity contribution >= 4 is 34.7 Å². The Hall–Kier alpha value is -2.87. The second kappa shape index (κ2) is 8.01. The van der Waals surface area contributed by atoms with Gasteiger partial charge in [-0.2, -0.15) is 0 Å². The zero-order valence-corrected chi connectivity index (χ0v) is 15.2. The van der Waals surface area contributed by atoms with Gasteiger partial charge in [0.15, 0.2) is 5.78 Å². The van der Waals surface area contributed by atoms with E-state index in [-0.39, 0.29) is 17.7 Å². The third-order valence-electron chi connectivity index (χ3n) is 4.23. The quantitative estimate of drug-likeness (QED) is 0.639.